The van der Waals surface area contributed by atoms with Crippen LogP contribution in [0.25, 0.3) is 0 Å². The predicted molar refractivity (Wildman–Crippen MR) is 67.6 cm³/mol. The van der Waals surface area contributed by atoms with Gasteiger partial charge in [-0.15, -0.1) is 0 Å². The van der Waals surface area contributed by atoms with E-state index in [2.05, 4.69) is 73.7 Å². The van der Waals surface area contributed by atoms with E-state index in [4.69, 9.17) is 0 Å². The molecule has 0 aromatic heterocycles. The van der Waals surface area contributed by atoms with E-state index in [1.54, 1.807) is 0 Å². The fourth-order valence-corrected chi connectivity index (χ4v) is 2.33. The summed E-state index contributed by atoms with van der Waals surface area (Å²) in [6.07, 6.45) is 1.20. The molecule has 0 bridgehead atoms. The minimum absolute atomic E-state index is 0.321. The van der Waals surface area contributed by atoms with Crippen molar-refractivity contribution in [3.63, 3.8) is 0 Å². The van der Waals surface area contributed by atoms with E-state index in [1.165, 1.54) is 12.0 Å². The molecule has 0 nitrogen and oxygen atoms in total. The smallest absolute Gasteiger partial charge is 0.0175 e. The SMILES string of the molecule is CC[C@](C)(c1ccccc1)[C@@H](C)I. The van der Waals surface area contributed by atoms with Crippen LogP contribution in [-0.4, -0.2) is 3.92 Å². The molecule has 0 fully saturated rings. The molecule has 0 radical (unpaired) electrons. The molecule has 2 atom stereocenters. The monoisotopic (exact) mass is 288 g/mol. The van der Waals surface area contributed by atoms with Crippen LogP contribution < -0.4 is 0 Å². The van der Waals surface area contributed by atoms with Crippen LogP contribution in [-0.2, 0) is 5.41 Å². The maximum absolute atomic E-state index is 2.52. The highest BCUT2D eigenvalue weighted by Gasteiger charge is 2.28. The average molecular weight is 288 g/mol. The lowest BCUT2D eigenvalue weighted by Crippen LogP contribution is -2.29. The second-order valence-corrected chi connectivity index (χ2v) is 5.62. The zero-order valence-corrected chi connectivity index (χ0v) is 10.7. The normalized spacial score (nSPS) is 17.8. The highest BCUT2D eigenvalue weighted by Crippen LogP contribution is 2.35. The van der Waals surface area contributed by atoms with Gasteiger partial charge in [-0.1, -0.05) is 73.7 Å². The minimum atomic E-state index is 0.321. The molecule has 1 heteroatoms. The van der Waals surface area contributed by atoms with Crippen LogP contribution in [0.5, 0.6) is 0 Å². The van der Waals surface area contributed by atoms with E-state index in [-0.39, 0.29) is 0 Å². The Morgan fingerprint density at radius 1 is 1.31 bits per heavy atom. The quantitative estimate of drug-likeness (QED) is 0.578. The summed E-state index contributed by atoms with van der Waals surface area (Å²) < 4.78 is 0.664. The van der Waals surface area contributed by atoms with Crippen LogP contribution in [0.4, 0.5) is 0 Å². The molecular weight excluding hydrogens is 271 g/mol. The molecule has 13 heavy (non-hydrogen) atoms. The molecule has 0 N–H and O–H groups in total. The maximum atomic E-state index is 2.52. The summed E-state index contributed by atoms with van der Waals surface area (Å²) in [7, 11) is 0. The van der Waals surface area contributed by atoms with Crippen molar-refractivity contribution in [1.29, 1.82) is 0 Å². The van der Waals surface area contributed by atoms with Gasteiger partial charge >= 0.3 is 0 Å². The summed E-state index contributed by atoms with van der Waals surface area (Å²) in [5.41, 5.74) is 1.78. The van der Waals surface area contributed by atoms with E-state index in [1.807, 2.05) is 0 Å². The third-order valence-corrected chi connectivity index (χ3v) is 4.42. The third-order valence-electron chi connectivity index (χ3n) is 3.05. The first kappa shape index (κ1) is 11.0. The van der Waals surface area contributed by atoms with Crippen LogP contribution in [0.2, 0.25) is 0 Å². The number of hydrogen-bond donors (Lipinski definition) is 0. The van der Waals surface area contributed by atoms with Crippen molar-refractivity contribution in [2.75, 3.05) is 0 Å². The molecule has 0 saturated heterocycles. The summed E-state index contributed by atoms with van der Waals surface area (Å²) in [5.74, 6) is 0. The van der Waals surface area contributed by atoms with Crippen LogP contribution in [0, 0.1) is 0 Å². The zero-order valence-electron chi connectivity index (χ0n) is 8.55. The van der Waals surface area contributed by atoms with Gasteiger partial charge in [0.25, 0.3) is 0 Å². The summed E-state index contributed by atoms with van der Waals surface area (Å²) in [6, 6.07) is 10.8. The van der Waals surface area contributed by atoms with E-state index in [0.29, 0.717) is 9.34 Å². The summed E-state index contributed by atoms with van der Waals surface area (Å²) >= 11 is 2.52. The van der Waals surface area contributed by atoms with Gasteiger partial charge in [-0.05, 0) is 12.0 Å². The molecule has 0 aliphatic rings. The molecule has 0 aliphatic heterocycles. The number of hydrogen-bond acceptors (Lipinski definition) is 0. The fourth-order valence-electron chi connectivity index (χ4n) is 1.53. The molecule has 0 amide bonds. The Labute approximate surface area is 94.9 Å². The highest BCUT2D eigenvalue weighted by atomic mass is 127. The Bertz CT molecular complexity index is 253. The Kier molecular flexibility index (Phi) is 3.77. The van der Waals surface area contributed by atoms with Gasteiger partial charge in [-0.2, -0.15) is 0 Å². The van der Waals surface area contributed by atoms with Gasteiger partial charge in [-0.25, -0.2) is 0 Å². The average Bonchev–Trinajstić information content (AvgIpc) is 2.17. The topological polar surface area (TPSA) is 0 Å². The Balaban J connectivity index is 3.03. The van der Waals surface area contributed by atoms with E-state index < -0.39 is 0 Å². The third kappa shape index (κ3) is 2.25. The van der Waals surface area contributed by atoms with Crippen molar-refractivity contribution in [1.82, 2.24) is 0 Å². The largest absolute Gasteiger partial charge is 0.0820 e. The summed E-state index contributed by atoms with van der Waals surface area (Å²) in [4.78, 5) is 0. The molecule has 0 unspecified atom stereocenters. The Hall–Kier alpha value is -0.0500. The Morgan fingerprint density at radius 2 is 1.85 bits per heavy atom. The van der Waals surface area contributed by atoms with Crippen molar-refractivity contribution >= 4 is 22.6 Å². The van der Waals surface area contributed by atoms with Crippen molar-refractivity contribution in [3.8, 4) is 0 Å². The van der Waals surface area contributed by atoms with Crippen molar-refractivity contribution < 1.29 is 0 Å². The van der Waals surface area contributed by atoms with Gasteiger partial charge < -0.3 is 0 Å². The molecular formula is C12H17I. The second kappa shape index (κ2) is 4.45. The first-order chi connectivity index (χ1) is 6.11. The van der Waals surface area contributed by atoms with E-state index in [9.17, 15) is 0 Å². The van der Waals surface area contributed by atoms with Crippen LogP contribution >= 0.6 is 22.6 Å². The van der Waals surface area contributed by atoms with Gasteiger partial charge in [-0.3, -0.25) is 0 Å². The van der Waals surface area contributed by atoms with Crippen molar-refractivity contribution in [3.05, 3.63) is 35.9 Å². The maximum Gasteiger partial charge on any atom is 0.0175 e. The minimum Gasteiger partial charge on any atom is -0.0820 e. The fraction of sp³-hybridized carbons (Fsp3) is 0.500. The standard InChI is InChI=1S/C12H17I/c1-4-12(3,10(2)13)11-8-6-5-7-9-11/h5-10H,4H2,1-3H3/t10-,12+/m1/s1. The first-order valence-corrected chi connectivity index (χ1v) is 6.05. The van der Waals surface area contributed by atoms with Gasteiger partial charge in [0.05, 0.1) is 0 Å². The first-order valence-electron chi connectivity index (χ1n) is 4.81. The van der Waals surface area contributed by atoms with Gasteiger partial charge in [0, 0.05) is 9.34 Å². The van der Waals surface area contributed by atoms with Crippen molar-refractivity contribution in [2.45, 2.75) is 36.5 Å². The Morgan fingerprint density at radius 3 is 2.23 bits per heavy atom. The molecule has 1 aromatic rings. The van der Waals surface area contributed by atoms with E-state index in [0.717, 1.165) is 0 Å². The summed E-state index contributed by atoms with van der Waals surface area (Å²) in [5, 5.41) is 0. The molecule has 72 valence electrons. The van der Waals surface area contributed by atoms with Crippen molar-refractivity contribution in [2.24, 2.45) is 0 Å². The summed E-state index contributed by atoms with van der Waals surface area (Å²) in [6.45, 7) is 6.90. The predicted octanol–water partition coefficient (Wildman–Crippen LogP) is 4.18. The van der Waals surface area contributed by atoms with Crippen LogP contribution in [0.15, 0.2) is 30.3 Å². The number of alkyl halides is 1. The van der Waals surface area contributed by atoms with Crippen LogP contribution in [0.3, 0.4) is 0 Å². The van der Waals surface area contributed by atoms with Gasteiger partial charge in [0.1, 0.15) is 0 Å². The molecule has 0 saturated carbocycles. The number of benzene rings is 1. The molecule has 1 aromatic carbocycles. The number of halogens is 1. The lowest BCUT2D eigenvalue weighted by atomic mass is 9.78. The van der Waals surface area contributed by atoms with E-state index >= 15 is 0 Å². The highest BCUT2D eigenvalue weighted by molar-refractivity contribution is 14.1. The lowest BCUT2D eigenvalue weighted by molar-refractivity contribution is 0.463. The lowest BCUT2D eigenvalue weighted by Gasteiger charge is -2.32. The second-order valence-electron chi connectivity index (χ2n) is 3.75. The molecule has 0 aliphatic carbocycles. The zero-order chi connectivity index (χ0) is 9.90. The molecule has 0 spiro atoms. The van der Waals surface area contributed by atoms with Gasteiger partial charge in [0.15, 0.2) is 0 Å². The van der Waals surface area contributed by atoms with Gasteiger partial charge in [0.2, 0.25) is 0 Å². The molecule has 1 rings (SSSR count). The number of rotatable bonds is 3. The molecule has 0 heterocycles. The van der Waals surface area contributed by atoms with Crippen LogP contribution in [0.1, 0.15) is 32.8 Å².